The monoisotopic (exact) mass is 296 g/mol. The maximum absolute atomic E-state index is 12.7. The molecule has 1 aromatic carbocycles. The number of nitrogens with zero attached hydrogens (tertiary/aromatic N) is 1. The van der Waals surface area contributed by atoms with Gasteiger partial charge in [0.15, 0.2) is 0 Å². The fourth-order valence-corrected chi connectivity index (χ4v) is 5.01. The van der Waals surface area contributed by atoms with Gasteiger partial charge in [-0.2, -0.15) is 4.31 Å². The highest BCUT2D eigenvalue weighted by atomic mass is 32.2. The lowest BCUT2D eigenvalue weighted by Crippen LogP contribution is -2.64. The zero-order chi connectivity index (χ0) is 14.7. The van der Waals surface area contributed by atoms with E-state index < -0.39 is 15.6 Å². The van der Waals surface area contributed by atoms with E-state index in [1.807, 2.05) is 0 Å². The highest BCUT2D eigenvalue weighted by molar-refractivity contribution is 7.89. The molecule has 3 N–H and O–H groups in total. The third kappa shape index (κ3) is 1.94. The Morgan fingerprint density at radius 1 is 1.30 bits per heavy atom. The van der Waals surface area contributed by atoms with Crippen LogP contribution in [0.4, 0.5) is 5.69 Å². The molecule has 0 spiro atoms. The average molecular weight is 296 g/mol. The Bertz CT molecular complexity index is 659. The van der Waals surface area contributed by atoms with Crippen LogP contribution < -0.4 is 5.73 Å². The van der Waals surface area contributed by atoms with Crippen LogP contribution in [0.1, 0.15) is 24.0 Å². The summed E-state index contributed by atoms with van der Waals surface area (Å²) in [7, 11) is -3.57. The number of anilines is 1. The Kier molecular flexibility index (Phi) is 2.90. The first-order valence-corrected chi connectivity index (χ1v) is 8.28. The molecule has 0 aromatic heterocycles. The van der Waals surface area contributed by atoms with Gasteiger partial charge in [0.25, 0.3) is 0 Å². The molecule has 0 amide bonds. The number of hydrogen-bond acceptors (Lipinski definition) is 4. The second kappa shape index (κ2) is 4.19. The van der Waals surface area contributed by atoms with E-state index in [9.17, 15) is 13.5 Å². The molecular weight excluding hydrogens is 276 g/mol. The minimum absolute atomic E-state index is 0.202. The minimum atomic E-state index is -3.57. The molecule has 2 fully saturated rings. The molecule has 1 saturated heterocycles. The van der Waals surface area contributed by atoms with E-state index in [1.165, 1.54) is 4.31 Å². The van der Waals surface area contributed by atoms with E-state index in [1.54, 1.807) is 26.0 Å². The second-order valence-electron chi connectivity index (χ2n) is 6.08. The van der Waals surface area contributed by atoms with Gasteiger partial charge in [-0.1, -0.05) is 6.07 Å². The number of β-amino-alcohol motifs (C(OH)–C–C–N with tert-alkyl or cyclic N) is 1. The molecule has 1 saturated carbocycles. The summed E-state index contributed by atoms with van der Waals surface area (Å²) in [6.45, 7) is 3.90. The molecule has 110 valence electrons. The first kappa shape index (κ1) is 13.9. The quantitative estimate of drug-likeness (QED) is 0.816. The first-order valence-electron chi connectivity index (χ1n) is 6.84. The van der Waals surface area contributed by atoms with Gasteiger partial charge in [0.1, 0.15) is 0 Å². The summed E-state index contributed by atoms with van der Waals surface area (Å²) in [5, 5.41) is 10.3. The SMILES string of the molecule is Cc1ccc(N)c(C)c1S(=O)(=O)N1CC(O)(C2CC2)C1. The van der Waals surface area contributed by atoms with Crippen LogP contribution in [0.15, 0.2) is 17.0 Å². The summed E-state index contributed by atoms with van der Waals surface area (Å²) in [5.74, 6) is 0.275. The van der Waals surface area contributed by atoms with Crippen molar-refractivity contribution in [3.05, 3.63) is 23.3 Å². The third-order valence-corrected chi connectivity index (χ3v) is 6.56. The van der Waals surface area contributed by atoms with Crippen LogP contribution >= 0.6 is 0 Å². The third-order valence-electron chi connectivity index (χ3n) is 4.48. The van der Waals surface area contributed by atoms with E-state index in [0.29, 0.717) is 16.8 Å². The van der Waals surface area contributed by atoms with Gasteiger partial charge in [-0.3, -0.25) is 0 Å². The summed E-state index contributed by atoms with van der Waals surface area (Å²) in [6.07, 6.45) is 2.00. The maximum Gasteiger partial charge on any atom is 0.243 e. The Labute approximate surface area is 119 Å². The molecule has 1 aromatic rings. The Balaban J connectivity index is 1.92. The van der Waals surface area contributed by atoms with Crippen LogP contribution in [0, 0.1) is 19.8 Å². The predicted octanol–water partition coefficient (Wildman–Crippen LogP) is 1.03. The van der Waals surface area contributed by atoms with Crippen LogP contribution in [0.3, 0.4) is 0 Å². The Morgan fingerprint density at radius 3 is 2.45 bits per heavy atom. The number of aliphatic hydroxyl groups is 1. The van der Waals surface area contributed by atoms with Crippen LogP contribution in [-0.4, -0.2) is 36.5 Å². The minimum Gasteiger partial charge on any atom is -0.398 e. The highest BCUT2D eigenvalue weighted by Gasteiger charge is 2.55. The number of benzene rings is 1. The molecule has 0 bridgehead atoms. The molecule has 5 nitrogen and oxygen atoms in total. The number of rotatable bonds is 3. The second-order valence-corrected chi connectivity index (χ2v) is 7.95. The number of aryl methyl sites for hydroxylation is 1. The normalized spacial score (nSPS) is 22.6. The van der Waals surface area contributed by atoms with Gasteiger partial charge in [-0.15, -0.1) is 0 Å². The van der Waals surface area contributed by atoms with Gasteiger partial charge < -0.3 is 10.8 Å². The summed E-state index contributed by atoms with van der Waals surface area (Å²) in [6, 6.07) is 3.45. The van der Waals surface area contributed by atoms with E-state index in [0.717, 1.165) is 12.8 Å². The van der Waals surface area contributed by atoms with Gasteiger partial charge in [-0.05, 0) is 49.8 Å². The predicted molar refractivity (Wildman–Crippen MR) is 76.8 cm³/mol. The smallest absolute Gasteiger partial charge is 0.243 e. The van der Waals surface area contributed by atoms with Gasteiger partial charge in [-0.25, -0.2) is 8.42 Å². The van der Waals surface area contributed by atoms with Crippen LogP contribution in [0.5, 0.6) is 0 Å². The molecule has 1 aliphatic carbocycles. The van der Waals surface area contributed by atoms with Crippen molar-refractivity contribution >= 4 is 15.7 Å². The van der Waals surface area contributed by atoms with E-state index in [4.69, 9.17) is 5.73 Å². The topological polar surface area (TPSA) is 83.6 Å². The molecule has 1 aliphatic heterocycles. The van der Waals surface area contributed by atoms with Gasteiger partial charge >= 0.3 is 0 Å². The zero-order valence-electron chi connectivity index (χ0n) is 11.8. The summed E-state index contributed by atoms with van der Waals surface area (Å²) >= 11 is 0. The molecule has 3 rings (SSSR count). The average Bonchev–Trinajstić information content (AvgIpc) is 3.14. The number of hydrogen-bond donors (Lipinski definition) is 2. The van der Waals surface area contributed by atoms with Crippen molar-refractivity contribution in [3.8, 4) is 0 Å². The lowest BCUT2D eigenvalue weighted by atomic mass is 9.91. The summed E-state index contributed by atoms with van der Waals surface area (Å²) in [5.41, 5.74) is 6.78. The van der Waals surface area contributed by atoms with Gasteiger partial charge in [0.2, 0.25) is 10.0 Å². The van der Waals surface area contributed by atoms with Crippen molar-refractivity contribution in [2.24, 2.45) is 5.92 Å². The van der Waals surface area contributed by atoms with E-state index >= 15 is 0 Å². The summed E-state index contributed by atoms with van der Waals surface area (Å²) in [4.78, 5) is 0.287. The molecular formula is C14H20N2O3S. The van der Waals surface area contributed by atoms with Crippen LogP contribution in [0.2, 0.25) is 0 Å². The van der Waals surface area contributed by atoms with E-state index in [-0.39, 0.29) is 23.9 Å². The van der Waals surface area contributed by atoms with E-state index in [2.05, 4.69) is 0 Å². The fourth-order valence-electron chi connectivity index (χ4n) is 2.98. The molecule has 0 radical (unpaired) electrons. The molecule has 1 heterocycles. The zero-order valence-corrected chi connectivity index (χ0v) is 12.6. The number of sulfonamides is 1. The van der Waals surface area contributed by atoms with Gasteiger partial charge in [0.05, 0.1) is 10.5 Å². The largest absolute Gasteiger partial charge is 0.398 e. The summed E-state index contributed by atoms with van der Waals surface area (Å²) < 4.78 is 26.8. The molecule has 0 unspecified atom stereocenters. The molecule has 2 aliphatic rings. The molecule has 6 heteroatoms. The van der Waals surface area contributed by atoms with Crippen molar-refractivity contribution in [1.82, 2.24) is 4.31 Å². The van der Waals surface area contributed by atoms with Crippen molar-refractivity contribution < 1.29 is 13.5 Å². The Morgan fingerprint density at radius 2 is 1.90 bits per heavy atom. The number of nitrogen functional groups attached to an aromatic ring is 1. The lowest BCUT2D eigenvalue weighted by molar-refractivity contribution is -0.0765. The maximum atomic E-state index is 12.7. The van der Waals surface area contributed by atoms with Crippen molar-refractivity contribution in [2.75, 3.05) is 18.8 Å². The van der Waals surface area contributed by atoms with Crippen molar-refractivity contribution in [2.45, 2.75) is 37.2 Å². The molecule has 20 heavy (non-hydrogen) atoms. The van der Waals surface area contributed by atoms with Crippen LogP contribution in [0.25, 0.3) is 0 Å². The van der Waals surface area contributed by atoms with Gasteiger partial charge in [0, 0.05) is 18.8 Å². The van der Waals surface area contributed by atoms with Crippen LogP contribution in [-0.2, 0) is 10.0 Å². The number of nitrogens with two attached hydrogens (primary N) is 1. The standard InChI is InChI=1S/C14H20N2O3S/c1-9-3-6-12(15)10(2)13(9)20(18,19)16-7-14(17,8-16)11-4-5-11/h3,6,11,17H,4-5,7-8,15H2,1-2H3. The Hall–Kier alpha value is -1.11. The first-order chi connectivity index (χ1) is 9.25. The highest BCUT2D eigenvalue weighted by Crippen LogP contribution is 2.46. The lowest BCUT2D eigenvalue weighted by Gasteiger charge is -2.46. The van der Waals surface area contributed by atoms with Crippen molar-refractivity contribution in [1.29, 1.82) is 0 Å². The van der Waals surface area contributed by atoms with Crippen molar-refractivity contribution in [3.63, 3.8) is 0 Å². The molecule has 0 atom stereocenters. The fraction of sp³-hybridized carbons (Fsp3) is 0.571.